The Bertz CT molecular complexity index is 758. The summed E-state index contributed by atoms with van der Waals surface area (Å²) in [6, 6.07) is 11.2. The minimum atomic E-state index is -0.270. The molecule has 0 spiro atoms. The van der Waals surface area contributed by atoms with Gasteiger partial charge in [-0.3, -0.25) is 0 Å². The summed E-state index contributed by atoms with van der Waals surface area (Å²) in [5.41, 5.74) is 11.1. The van der Waals surface area contributed by atoms with Crippen molar-refractivity contribution in [2.75, 3.05) is 12.4 Å². The molecule has 0 heterocycles. The van der Waals surface area contributed by atoms with Crippen molar-refractivity contribution in [3.8, 4) is 0 Å². The third-order valence-corrected chi connectivity index (χ3v) is 4.21. The van der Waals surface area contributed by atoms with E-state index in [9.17, 15) is 4.39 Å². The monoisotopic (exact) mass is 327 g/mol. The molecule has 24 heavy (non-hydrogen) atoms. The van der Waals surface area contributed by atoms with Gasteiger partial charge in [-0.05, 0) is 60.2 Å². The number of benzene rings is 2. The first-order valence-corrected chi connectivity index (χ1v) is 8.10. The van der Waals surface area contributed by atoms with Gasteiger partial charge >= 0.3 is 0 Å². The van der Waals surface area contributed by atoms with Gasteiger partial charge in [0.2, 0.25) is 0 Å². The molecule has 0 saturated carbocycles. The van der Waals surface area contributed by atoms with Crippen LogP contribution in [-0.4, -0.2) is 13.1 Å². The molecule has 2 aromatic carbocycles. The van der Waals surface area contributed by atoms with Gasteiger partial charge in [0.25, 0.3) is 0 Å². The Labute approximate surface area is 141 Å². The van der Waals surface area contributed by atoms with Crippen LogP contribution < -0.4 is 11.1 Å². The molecular formula is C19H22FN3O. The molecule has 4 nitrogen and oxygen atoms in total. The van der Waals surface area contributed by atoms with Crippen molar-refractivity contribution in [2.45, 2.75) is 32.4 Å². The number of hydrogen-bond acceptors (Lipinski definition) is 2. The smallest absolute Gasteiger partial charge is 0.193 e. The number of guanidine groups is 1. The highest BCUT2D eigenvalue weighted by molar-refractivity contribution is 5.92. The molecule has 1 aliphatic rings. The van der Waals surface area contributed by atoms with E-state index in [-0.39, 0.29) is 12.4 Å². The fraction of sp³-hybridized carbons (Fsp3) is 0.316. The zero-order valence-electron chi connectivity index (χ0n) is 13.8. The van der Waals surface area contributed by atoms with Gasteiger partial charge in [-0.1, -0.05) is 12.1 Å². The molecule has 0 unspecified atom stereocenters. The number of aliphatic imine (C=N–C) groups is 1. The topological polar surface area (TPSA) is 59.6 Å². The van der Waals surface area contributed by atoms with E-state index in [2.05, 4.69) is 22.4 Å². The van der Waals surface area contributed by atoms with E-state index in [0.29, 0.717) is 18.1 Å². The summed E-state index contributed by atoms with van der Waals surface area (Å²) in [7, 11) is 1.54. The van der Waals surface area contributed by atoms with Crippen molar-refractivity contribution in [2.24, 2.45) is 10.7 Å². The van der Waals surface area contributed by atoms with Crippen LogP contribution in [0.2, 0.25) is 0 Å². The van der Waals surface area contributed by atoms with Gasteiger partial charge in [-0.2, -0.15) is 0 Å². The van der Waals surface area contributed by atoms with Crippen molar-refractivity contribution in [1.29, 1.82) is 0 Å². The number of halogens is 1. The zero-order chi connectivity index (χ0) is 16.9. The second-order valence-electron chi connectivity index (χ2n) is 6.02. The summed E-state index contributed by atoms with van der Waals surface area (Å²) < 4.78 is 18.6. The lowest BCUT2D eigenvalue weighted by molar-refractivity contribution is 0.181. The highest BCUT2D eigenvalue weighted by Crippen LogP contribution is 2.24. The third-order valence-electron chi connectivity index (χ3n) is 4.21. The quantitative estimate of drug-likeness (QED) is 0.654. The molecule has 0 atom stereocenters. The Morgan fingerprint density at radius 3 is 2.88 bits per heavy atom. The van der Waals surface area contributed by atoms with E-state index in [0.717, 1.165) is 24.1 Å². The van der Waals surface area contributed by atoms with Crippen LogP contribution in [0.5, 0.6) is 0 Å². The van der Waals surface area contributed by atoms with Crippen molar-refractivity contribution in [1.82, 2.24) is 0 Å². The van der Waals surface area contributed by atoms with Gasteiger partial charge in [0, 0.05) is 18.4 Å². The van der Waals surface area contributed by atoms with E-state index in [1.54, 1.807) is 19.2 Å². The van der Waals surface area contributed by atoms with Crippen LogP contribution in [-0.2, 0) is 30.7 Å². The predicted octanol–water partition coefficient (Wildman–Crippen LogP) is 3.39. The van der Waals surface area contributed by atoms with Crippen molar-refractivity contribution in [3.05, 3.63) is 64.5 Å². The highest BCUT2D eigenvalue weighted by Gasteiger charge is 2.11. The average molecular weight is 327 g/mol. The fourth-order valence-electron chi connectivity index (χ4n) is 3.01. The number of nitrogens with two attached hydrogens (primary N) is 1. The lowest BCUT2D eigenvalue weighted by atomic mass is 10.1. The molecule has 0 radical (unpaired) electrons. The van der Waals surface area contributed by atoms with Crippen LogP contribution in [0.1, 0.15) is 28.7 Å². The van der Waals surface area contributed by atoms with Gasteiger partial charge < -0.3 is 15.8 Å². The number of rotatable bonds is 5. The SMILES string of the molecule is COCc1cc(CN=C(N)Nc2ccc3c(c2)CCC3)ccc1F. The minimum Gasteiger partial charge on any atom is -0.380 e. The van der Waals surface area contributed by atoms with Crippen LogP contribution in [0.25, 0.3) is 0 Å². The fourth-order valence-corrected chi connectivity index (χ4v) is 3.01. The molecule has 3 rings (SSSR count). The normalized spacial score (nSPS) is 13.8. The maximum atomic E-state index is 13.6. The van der Waals surface area contributed by atoms with Crippen LogP contribution in [0, 0.1) is 5.82 Å². The van der Waals surface area contributed by atoms with Gasteiger partial charge in [-0.25, -0.2) is 9.38 Å². The lowest BCUT2D eigenvalue weighted by Crippen LogP contribution is -2.22. The Hall–Kier alpha value is -2.40. The van der Waals surface area contributed by atoms with E-state index in [4.69, 9.17) is 10.5 Å². The number of hydrogen-bond donors (Lipinski definition) is 2. The number of ether oxygens (including phenoxy) is 1. The lowest BCUT2D eigenvalue weighted by Gasteiger charge is -2.08. The number of fused-ring (bicyclic) bond motifs is 1. The molecule has 0 aromatic heterocycles. The van der Waals surface area contributed by atoms with E-state index >= 15 is 0 Å². The van der Waals surface area contributed by atoms with Gasteiger partial charge in [0.05, 0.1) is 13.2 Å². The van der Waals surface area contributed by atoms with Crippen molar-refractivity contribution < 1.29 is 9.13 Å². The summed E-state index contributed by atoms with van der Waals surface area (Å²) in [5.74, 6) is 0.0828. The van der Waals surface area contributed by atoms with E-state index in [1.165, 1.54) is 23.6 Å². The standard InChI is InChI=1S/C19H22FN3O/c1-24-12-16-9-13(5-8-18(16)20)11-22-19(21)23-17-7-6-14-3-2-4-15(14)10-17/h5-10H,2-4,11-12H2,1H3,(H3,21,22,23). The molecule has 0 fully saturated rings. The molecule has 5 heteroatoms. The van der Waals surface area contributed by atoms with Crippen molar-refractivity contribution in [3.63, 3.8) is 0 Å². The number of methoxy groups -OCH3 is 1. The Balaban J connectivity index is 1.65. The average Bonchev–Trinajstić information content (AvgIpc) is 3.03. The maximum absolute atomic E-state index is 13.6. The first kappa shape index (κ1) is 16.5. The number of anilines is 1. The molecule has 0 bridgehead atoms. The van der Waals surface area contributed by atoms with Crippen LogP contribution in [0.4, 0.5) is 10.1 Å². The zero-order valence-corrected chi connectivity index (χ0v) is 13.8. The van der Waals surface area contributed by atoms with Crippen LogP contribution >= 0.6 is 0 Å². The van der Waals surface area contributed by atoms with Gasteiger partial charge in [0.15, 0.2) is 5.96 Å². The van der Waals surface area contributed by atoms with Crippen LogP contribution in [0.15, 0.2) is 41.4 Å². The molecule has 0 aliphatic heterocycles. The van der Waals surface area contributed by atoms with Gasteiger partial charge in [0.1, 0.15) is 5.82 Å². The summed E-state index contributed by atoms with van der Waals surface area (Å²) in [6.45, 7) is 0.632. The highest BCUT2D eigenvalue weighted by atomic mass is 19.1. The summed E-state index contributed by atoms with van der Waals surface area (Å²) in [4.78, 5) is 4.33. The molecule has 2 aromatic rings. The number of nitrogens with one attached hydrogen (secondary N) is 1. The molecule has 1 aliphatic carbocycles. The molecule has 0 amide bonds. The third kappa shape index (κ3) is 3.92. The molecule has 0 saturated heterocycles. The summed E-state index contributed by atoms with van der Waals surface area (Å²) in [6.07, 6.45) is 3.50. The van der Waals surface area contributed by atoms with E-state index < -0.39 is 0 Å². The first-order valence-electron chi connectivity index (χ1n) is 8.10. The summed E-state index contributed by atoms with van der Waals surface area (Å²) >= 11 is 0. The summed E-state index contributed by atoms with van der Waals surface area (Å²) in [5, 5.41) is 3.12. The molecule has 3 N–H and O–H groups in total. The van der Waals surface area contributed by atoms with Gasteiger partial charge in [-0.15, -0.1) is 0 Å². The van der Waals surface area contributed by atoms with Crippen molar-refractivity contribution >= 4 is 11.6 Å². The second kappa shape index (κ2) is 7.45. The predicted molar refractivity (Wildman–Crippen MR) is 94.5 cm³/mol. The molecule has 126 valence electrons. The molecular weight excluding hydrogens is 305 g/mol. The Morgan fingerprint density at radius 1 is 1.21 bits per heavy atom. The number of aryl methyl sites for hydroxylation is 2. The maximum Gasteiger partial charge on any atom is 0.193 e. The largest absolute Gasteiger partial charge is 0.380 e. The minimum absolute atomic E-state index is 0.242. The van der Waals surface area contributed by atoms with E-state index in [1.807, 2.05) is 6.07 Å². The number of nitrogens with zero attached hydrogens (tertiary/aromatic N) is 1. The first-order chi connectivity index (χ1) is 11.7. The van der Waals surface area contributed by atoms with Crippen LogP contribution in [0.3, 0.4) is 0 Å². The second-order valence-corrected chi connectivity index (χ2v) is 6.02. The Morgan fingerprint density at radius 2 is 2.04 bits per heavy atom. The Kier molecular flexibility index (Phi) is 5.11.